The first-order chi connectivity index (χ1) is 13.1. The van der Waals surface area contributed by atoms with Crippen LogP contribution in [0.1, 0.15) is 0 Å². The third-order valence-corrected chi connectivity index (χ3v) is 13.8. The maximum absolute atomic E-state index is 14.4. The fourth-order valence-corrected chi connectivity index (χ4v) is 11.7. The van der Waals surface area contributed by atoms with Gasteiger partial charge in [-0.3, -0.25) is 0 Å². The van der Waals surface area contributed by atoms with E-state index in [1.165, 1.54) is 0 Å². The van der Waals surface area contributed by atoms with Crippen molar-refractivity contribution in [3.63, 3.8) is 0 Å². The topological polar surface area (TPSA) is 0 Å². The van der Waals surface area contributed by atoms with Crippen LogP contribution in [0.25, 0.3) is 0 Å². The molecule has 0 aliphatic rings. The van der Waals surface area contributed by atoms with Crippen molar-refractivity contribution in [2.75, 3.05) is 0 Å². The average Bonchev–Trinajstić information content (AvgIpc) is 2.51. The monoisotopic (exact) mass is 602 g/mol. The number of halogens is 9. The second-order valence-electron chi connectivity index (χ2n) is 5.49. The number of hydrogen-bond acceptors (Lipinski definition) is 0. The van der Waals surface area contributed by atoms with Gasteiger partial charge < -0.3 is 0 Å². The third-order valence-electron chi connectivity index (χ3n) is 3.62. The molecule has 0 nitrogen and oxygen atoms in total. The summed E-state index contributed by atoms with van der Waals surface area (Å²) in [6, 6.07) is 1.08. The Morgan fingerprint density at radius 2 is 0.536 bits per heavy atom. The van der Waals surface area contributed by atoms with Gasteiger partial charge in [-0.2, -0.15) is 0 Å². The molecule has 146 valence electrons. The minimum absolute atomic E-state index is 0.180. The number of hydrogen-bond donors (Lipinski definition) is 0. The normalized spacial score (nSPS) is 11.4. The van der Waals surface area contributed by atoms with Crippen LogP contribution in [0.15, 0.2) is 36.4 Å². The zero-order chi connectivity index (χ0) is 20.7. The maximum atomic E-state index is 14.4. The summed E-state index contributed by atoms with van der Waals surface area (Å²) in [6.07, 6.45) is 0. The van der Waals surface area contributed by atoms with Crippen LogP contribution in [0.2, 0.25) is 0 Å². The molecular weight excluding hydrogens is 596 g/mol. The van der Waals surface area contributed by atoms with E-state index in [4.69, 9.17) is 0 Å². The molecule has 0 radical (unpaired) electrons. The van der Waals surface area contributed by atoms with Gasteiger partial charge in [0.05, 0.1) is 0 Å². The van der Waals surface area contributed by atoms with E-state index in [0.29, 0.717) is 0 Å². The van der Waals surface area contributed by atoms with E-state index in [-0.39, 0.29) is 36.4 Å². The second kappa shape index (κ2) is 7.74. The van der Waals surface area contributed by atoms with E-state index in [2.05, 4.69) is 0 Å². The van der Waals surface area contributed by atoms with Crippen LogP contribution in [0.3, 0.4) is 0 Å². The minimum atomic E-state index is -5.23. The van der Waals surface area contributed by atoms with E-state index < -0.39 is 83.9 Å². The second-order valence-corrected chi connectivity index (χ2v) is 13.3. The van der Waals surface area contributed by atoms with E-state index in [0.717, 1.165) is 0 Å². The first-order valence-corrected chi connectivity index (χ1v) is 12.6. The molecule has 3 rings (SSSR count). The standard InChI is InChI=1S/3C6H2F3.Bi/c3*7-4-1-5(8)3-6(9)2-4;/h3*1-2H;. The molecule has 10 heteroatoms. The first-order valence-electron chi connectivity index (χ1n) is 7.34. The zero-order valence-corrected chi connectivity index (χ0v) is 16.8. The van der Waals surface area contributed by atoms with Gasteiger partial charge in [0.25, 0.3) is 0 Å². The van der Waals surface area contributed by atoms with Gasteiger partial charge in [0, 0.05) is 0 Å². The van der Waals surface area contributed by atoms with E-state index in [9.17, 15) is 39.5 Å². The van der Waals surface area contributed by atoms with Gasteiger partial charge in [0.2, 0.25) is 0 Å². The number of rotatable bonds is 3. The van der Waals surface area contributed by atoms with Gasteiger partial charge >= 0.3 is 160 Å². The molecule has 0 unspecified atom stereocenters. The Kier molecular flexibility index (Phi) is 5.70. The Hall–Kier alpha value is -2.09. The fraction of sp³-hybridized carbons (Fsp3) is 0. The molecule has 0 aromatic heterocycles. The predicted octanol–water partition coefficient (Wildman–Crippen LogP) is 3.45. The van der Waals surface area contributed by atoms with Gasteiger partial charge in [-0.1, -0.05) is 0 Å². The molecule has 0 N–H and O–H groups in total. The molecule has 0 aliphatic carbocycles. The molecule has 3 aromatic carbocycles. The molecule has 0 atom stereocenters. The molecule has 28 heavy (non-hydrogen) atoms. The van der Waals surface area contributed by atoms with Crippen LogP contribution >= 0.6 is 0 Å². The predicted molar refractivity (Wildman–Crippen MR) is 83.6 cm³/mol. The van der Waals surface area contributed by atoms with Crippen LogP contribution < -0.4 is 9.81 Å². The van der Waals surface area contributed by atoms with Crippen LogP contribution in [0.4, 0.5) is 39.5 Å². The quantitative estimate of drug-likeness (QED) is 0.319. The van der Waals surface area contributed by atoms with Crippen molar-refractivity contribution in [2.24, 2.45) is 0 Å². The van der Waals surface area contributed by atoms with E-state index in [1.54, 1.807) is 0 Å². The van der Waals surface area contributed by atoms with Gasteiger partial charge in [0.1, 0.15) is 0 Å². The zero-order valence-electron chi connectivity index (χ0n) is 13.3. The van der Waals surface area contributed by atoms with Gasteiger partial charge in [0.15, 0.2) is 0 Å². The summed E-state index contributed by atoms with van der Waals surface area (Å²) < 4.78 is 123. The molecule has 0 saturated carbocycles. The van der Waals surface area contributed by atoms with E-state index >= 15 is 0 Å². The van der Waals surface area contributed by atoms with Crippen LogP contribution in [0.5, 0.6) is 0 Å². The molecular formula is C18H6BiF9. The van der Waals surface area contributed by atoms with Crippen molar-refractivity contribution in [1.29, 1.82) is 0 Å². The molecule has 0 saturated heterocycles. The Bertz CT molecular complexity index is 875. The van der Waals surface area contributed by atoms with Gasteiger partial charge in [-0.25, -0.2) is 0 Å². The number of benzene rings is 3. The van der Waals surface area contributed by atoms with Crippen molar-refractivity contribution in [3.8, 4) is 0 Å². The fourth-order valence-electron chi connectivity index (χ4n) is 2.58. The van der Waals surface area contributed by atoms with Crippen LogP contribution in [-0.4, -0.2) is 21.8 Å². The molecule has 0 heterocycles. The van der Waals surface area contributed by atoms with Crippen LogP contribution in [-0.2, 0) is 0 Å². The van der Waals surface area contributed by atoms with Crippen LogP contribution in [0, 0.1) is 52.4 Å². The molecule has 3 aromatic rings. The summed E-state index contributed by atoms with van der Waals surface area (Å²) in [6.45, 7) is 0. The Morgan fingerprint density at radius 1 is 0.357 bits per heavy atom. The first kappa shape index (κ1) is 20.6. The molecule has 0 fully saturated rings. The van der Waals surface area contributed by atoms with Crippen molar-refractivity contribution < 1.29 is 39.5 Å². The summed E-state index contributed by atoms with van der Waals surface area (Å²) in [5.74, 6) is -13.9. The van der Waals surface area contributed by atoms with Gasteiger partial charge in [-0.15, -0.1) is 0 Å². The molecule has 0 spiro atoms. The average molecular weight is 602 g/mol. The van der Waals surface area contributed by atoms with Crippen molar-refractivity contribution in [2.45, 2.75) is 0 Å². The van der Waals surface area contributed by atoms with Gasteiger partial charge in [-0.05, 0) is 0 Å². The summed E-state index contributed by atoms with van der Waals surface area (Å²) in [7, 11) is 0. The Labute approximate surface area is 159 Å². The molecule has 0 aliphatic heterocycles. The molecule has 0 amide bonds. The summed E-state index contributed by atoms with van der Waals surface area (Å²) in [5.41, 5.74) is 0. The Balaban J connectivity index is 2.45. The SMILES string of the molecule is Fc1cc(F)[c]([Bi]([c]2c(F)cc(F)cc2F)[c]2c(F)cc(F)cc2F)c(F)c1. The summed E-state index contributed by atoms with van der Waals surface area (Å²) in [4.78, 5) is 0. The summed E-state index contributed by atoms with van der Waals surface area (Å²) >= 11 is -5.23. The van der Waals surface area contributed by atoms with E-state index in [1.807, 2.05) is 0 Å². The summed E-state index contributed by atoms with van der Waals surface area (Å²) in [5, 5.41) is 0. The third kappa shape index (κ3) is 3.74. The van der Waals surface area contributed by atoms with Crippen molar-refractivity contribution >= 4 is 31.6 Å². The van der Waals surface area contributed by atoms with Crippen molar-refractivity contribution in [3.05, 3.63) is 88.8 Å². The Morgan fingerprint density at radius 3 is 0.714 bits per heavy atom. The molecule has 0 bridgehead atoms. The van der Waals surface area contributed by atoms with Crippen molar-refractivity contribution in [1.82, 2.24) is 0 Å².